The van der Waals surface area contributed by atoms with E-state index in [0.717, 1.165) is 24.3 Å². The smallest absolute Gasteiger partial charge is 0.314 e. The van der Waals surface area contributed by atoms with Crippen molar-refractivity contribution in [3.63, 3.8) is 0 Å². The third-order valence-corrected chi connectivity index (χ3v) is 1.53. The molecule has 0 aromatic carbocycles. The number of ether oxygens (including phenoxy) is 1. The molecule has 0 spiro atoms. The van der Waals surface area contributed by atoms with Crippen LogP contribution in [0.5, 0.6) is 5.95 Å². The Morgan fingerprint density at radius 2 is 2.44 bits per heavy atom. The van der Waals surface area contributed by atoms with E-state index in [1.54, 1.807) is 0 Å². The average molecular weight is 125 g/mol. The highest BCUT2D eigenvalue weighted by molar-refractivity contribution is 5.29. The quantitative estimate of drug-likeness (QED) is 0.517. The van der Waals surface area contributed by atoms with Crippen molar-refractivity contribution in [1.82, 2.24) is 5.16 Å². The number of aromatic nitrogens is 1. The zero-order chi connectivity index (χ0) is 6.27. The molecule has 0 aliphatic carbocycles. The Hall–Kier alpha value is -0.990. The summed E-state index contributed by atoms with van der Waals surface area (Å²) in [5.74, 6) is 0.618. The van der Waals surface area contributed by atoms with Gasteiger partial charge in [-0.2, -0.15) is 0 Å². The first-order valence-corrected chi connectivity index (χ1v) is 2.96. The molecule has 0 amide bonds. The van der Waals surface area contributed by atoms with Crippen LogP contribution in [-0.4, -0.2) is 11.8 Å². The maximum Gasteiger partial charge on any atom is 0.314 e. The van der Waals surface area contributed by atoms with Crippen LogP contribution in [0.15, 0.2) is 4.52 Å². The number of aryl methyl sites for hydroxylation is 1. The summed E-state index contributed by atoms with van der Waals surface area (Å²) in [6.07, 6.45) is 0.949. The first kappa shape index (κ1) is 4.85. The van der Waals surface area contributed by atoms with Gasteiger partial charge in [0.15, 0.2) is 0 Å². The standard InChI is InChI=1S/C6H7NO2/c1-4-5-2-3-8-6(5)9-7-4/h2-3H2,1H3. The summed E-state index contributed by atoms with van der Waals surface area (Å²) >= 11 is 0. The molecule has 3 heteroatoms. The van der Waals surface area contributed by atoms with Crippen molar-refractivity contribution in [2.24, 2.45) is 0 Å². The van der Waals surface area contributed by atoms with Gasteiger partial charge in [-0.3, -0.25) is 0 Å². The molecule has 1 aliphatic heterocycles. The fourth-order valence-corrected chi connectivity index (χ4v) is 1.01. The van der Waals surface area contributed by atoms with Gasteiger partial charge in [0.05, 0.1) is 17.9 Å². The second kappa shape index (κ2) is 1.50. The van der Waals surface area contributed by atoms with Gasteiger partial charge in [-0.05, 0) is 6.92 Å². The molecule has 0 saturated carbocycles. The summed E-state index contributed by atoms with van der Waals surface area (Å²) in [5, 5.41) is 3.74. The molecule has 0 fully saturated rings. The van der Waals surface area contributed by atoms with Crippen LogP contribution < -0.4 is 4.74 Å². The number of hydrogen-bond donors (Lipinski definition) is 0. The van der Waals surface area contributed by atoms with Gasteiger partial charge in [0.25, 0.3) is 0 Å². The molecular weight excluding hydrogens is 118 g/mol. The summed E-state index contributed by atoms with van der Waals surface area (Å²) < 4.78 is 9.92. The summed E-state index contributed by atoms with van der Waals surface area (Å²) in [6.45, 7) is 2.68. The Balaban J connectivity index is 2.56. The summed E-state index contributed by atoms with van der Waals surface area (Å²) in [6, 6.07) is 0. The first-order chi connectivity index (χ1) is 4.38. The lowest BCUT2D eigenvalue weighted by Gasteiger charge is -1.84. The molecule has 1 aliphatic rings. The fraction of sp³-hybridized carbons (Fsp3) is 0.500. The highest BCUT2D eigenvalue weighted by atomic mass is 16.6. The van der Waals surface area contributed by atoms with E-state index >= 15 is 0 Å². The van der Waals surface area contributed by atoms with E-state index < -0.39 is 0 Å². The largest absolute Gasteiger partial charge is 0.463 e. The molecule has 2 rings (SSSR count). The molecule has 1 aromatic rings. The van der Waals surface area contributed by atoms with Crippen LogP contribution in [0.2, 0.25) is 0 Å². The second-order valence-corrected chi connectivity index (χ2v) is 2.13. The van der Waals surface area contributed by atoms with E-state index in [2.05, 4.69) is 5.16 Å². The van der Waals surface area contributed by atoms with Gasteiger partial charge >= 0.3 is 5.95 Å². The molecule has 0 N–H and O–H groups in total. The van der Waals surface area contributed by atoms with E-state index in [1.165, 1.54) is 0 Å². The minimum Gasteiger partial charge on any atom is -0.463 e. The van der Waals surface area contributed by atoms with Crippen LogP contribution in [0.3, 0.4) is 0 Å². The van der Waals surface area contributed by atoms with Crippen LogP contribution in [0.4, 0.5) is 0 Å². The van der Waals surface area contributed by atoms with Crippen molar-refractivity contribution in [2.45, 2.75) is 13.3 Å². The molecule has 9 heavy (non-hydrogen) atoms. The lowest BCUT2D eigenvalue weighted by molar-refractivity contribution is 0.236. The van der Waals surface area contributed by atoms with Gasteiger partial charge in [-0.25, -0.2) is 0 Å². The van der Waals surface area contributed by atoms with E-state index in [9.17, 15) is 0 Å². The van der Waals surface area contributed by atoms with Gasteiger partial charge in [-0.15, -0.1) is 0 Å². The summed E-state index contributed by atoms with van der Waals surface area (Å²) in [4.78, 5) is 0. The fourth-order valence-electron chi connectivity index (χ4n) is 1.01. The number of rotatable bonds is 0. The Labute approximate surface area is 52.6 Å². The van der Waals surface area contributed by atoms with Crippen LogP contribution in [0.25, 0.3) is 0 Å². The minimum atomic E-state index is 0.618. The highest BCUT2D eigenvalue weighted by Crippen LogP contribution is 2.26. The van der Waals surface area contributed by atoms with Crippen molar-refractivity contribution in [3.8, 4) is 5.95 Å². The maximum atomic E-state index is 5.09. The molecule has 48 valence electrons. The van der Waals surface area contributed by atoms with Gasteiger partial charge in [0.2, 0.25) is 0 Å². The van der Waals surface area contributed by atoms with Crippen molar-refractivity contribution in [3.05, 3.63) is 11.3 Å². The molecule has 3 nitrogen and oxygen atoms in total. The molecule has 0 radical (unpaired) electrons. The molecule has 0 saturated heterocycles. The Morgan fingerprint density at radius 1 is 1.56 bits per heavy atom. The monoisotopic (exact) mass is 125 g/mol. The molecule has 0 bridgehead atoms. The lowest BCUT2D eigenvalue weighted by Crippen LogP contribution is -1.88. The third-order valence-electron chi connectivity index (χ3n) is 1.53. The van der Waals surface area contributed by atoms with E-state index in [4.69, 9.17) is 9.26 Å². The highest BCUT2D eigenvalue weighted by Gasteiger charge is 2.19. The number of nitrogens with zero attached hydrogens (tertiary/aromatic N) is 1. The van der Waals surface area contributed by atoms with Gasteiger partial charge < -0.3 is 9.26 Å². The zero-order valence-electron chi connectivity index (χ0n) is 5.18. The Bertz CT molecular complexity index is 229. The predicted molar refractivity (Wildman–Crippen MR) is 30.4 cm³/mol. The lowest BCUT2D eigenvalue weighted by atomic mass is 10.2. The molecular formula is C6H7NO2. The molecule has 0 atom stereocenters. The second-order valence-electron chi connectivity index (χ2n) is 2.13. The summed E-state index contributed by atoms with van der Waals surface area (Å²) in [5.41, 5.74) is 2.09. The van der Waals surface area contributed by atoms with Crippen LogP contribution in [0, 0.1) is 6.92 Å². The predicted octanol–water partition coefficient (Wildman–Crippen LogP) is 0.918. The topological polar surface area (TPSA) is 35.3 Å². The minimum absolute atomic E-state index is 0.618. The van der Waals surface area contributed by atoms with Crippen molar-refractivity contribution >= 4 is 0 Å². The van der Waals surface area contributed by atoms with Crippen LogP contribution in [-0.2, 0) is 6.42 Å². The van der Waals surface area contributed by atoms with Crippen molar-refractivity contribution in [2.75, 3.05) is 6.61 Å². The number of fused-ring (bicyclic) bond motifs is 1. The maximum absolute atomic E-state index is 5.09. The van der Waals surface area contributed by atoms with E-state index in [0.29, 0.717) is 5.95 Å². The average Bonchev–Trinajstić information content (AvgIpc) is 2.35. The Kier molecular flexibility index (Phi) is 0.806. The first-order valence-electron chi connectivity index (χ1n) is 2.96. The SMILES string of the molecule is Cc1noc2c1CCO2. The third kappa shape index (κ3) is 0.542. The Morgan fingerprint density at radius 3 is 3.22 bits per heavy atom. The van der Waals surface area contributed by atoms with Crippen molar-refractivity contribution < 1.29 is 9.26 Å². The van der Waals surface area contributed by atoms with E-state index in [1.807, 2.05) is 6.92 Å². The number of hydrogen-bond acceptors (Lipinski definition) is 3. The van der Waals surface area contributed by atoms with Gasteiger partial charge in [-0.1, -0.05) is 5.16 Å². The normalized spacial score (nSPS) is 15.2. The molecule has 0 unspecified atom stereocenters. The van der Waals surface area contributed by atoms with E-state index in [-0.39, 0.29) is 0 Å². The zero-order valence-corrected chi connectivity index (χ0v) is 5.18. The summed E-state index contributed by atoms with van der Waals surface area (Å²) in [7, 11) is 0. The van der Waals surface area contributed by atoms with Crippen molar-refractivity contribution in [1.29, 1.82) is 0 Å². The van der Waals surface area contributed by atoms with Crippen LogP contribution >= 0.6 is 0 Å². The molecule has 2 heterocycles. The molecule has 1 aromatic heterocycles. The van der Waals surface area contributed by atoms with Crippen LogP contribution in [0.1, 0.15) is 11.3 Å². The van der Waals surface area contributed by atoms with Gasteiger partial charge in [0.1, 0.15) is 0 Å². The van der Waals surface area contributed by atoms with Gasteiger partial charge in [0, 0.05) is 6.42 Å².